The highest BCUT2D eigenvalue weighted by molar-refractivity contribution is 5.77. The molecular weight excluding hydrogens is 815 g/mol. The van der Waals surface area contributed by atoms with E-state index in [1.165, 1.54) is 83.5 Å². The highest BCUT2D eigenvalue weighted by Gasteiger charge is 2.23. The molecule has 372 valence electrons. The average Bonchev–Trinajstić information content (AvgIpc) is 3.31. The summed E-state index contributed by atoms with van der Waals surface area (Å²) in [5.41, 5.74) is 0. The molecule has 66 heavy (non-hydrogen) atoms. The summed E-state index contributed by atoms with van der Waals surface area (Å²) >= 11 is 0. The molecule has 1 amide bonds. The summed E-state index contributed by atoms with van der Waals surface area (Å²) < 4.78 is 5.85. The first-order valence-corrected chi connectivity index (χ1v) is 26.5. The summed E-state index contributed by atoms with van der Waals surface area (Å²) in [6, 6.07) is -0.751. The van der Waals surface area contributed by atoms with E-state index in [0.29, 0.717) is 19.3 Å². The number of hydrogen-bond acceptors (Lipinski definition) is 5. The van der Waals surface area contributed by atoms with Gasteiger partial charge in [0.05, 0.1) is 25.2 Å². The van der Waals surface area contributed by atoms with Crippen LogP contribution >= 0.6 is 0 Å². The lowest BCUT2D eigenvalue weighted by atomic mass is 10.0. The van der Waals surface area contributed by atoms with Gasteiger partial charge in [0.1, 0.15) is 6.10 Å². The molecule has 0 aromatic rings. The minimum atomic E-state index is -0.830. The Kier molecular flexibility index (Phi) is 48.8. The quantitative estimate of drug-likeness (QED) is 0.0245. The van der Waals surface area contributed by atoms with Crippen molar-refractivity contribution in [3.05, 3.63) is 134 Å². The Morgan fingerprint density at radius 3 is 1.36 bits per heavy atom. The van der Waals surface area contributed by atoms with Crippen molar-refractivity contribution in [2.75, 3.05) is 6.61 Å². The molecule has 3 atom stereocenters. The topological polar surface area (TPSA) is 95.9 Å². The van der Waals surface area contributed by atoms with E-state index >= 15 is 0 Å². The van der Waals surface area contributed by atoms with E-state index in [1.807, 2.05) is 66.8 Å². The molecule has 0 saturated carbocycles. The predicted molar refractivity (Wildman–Crippen MR) is 286 cm³/mol. The number of esters is 1. The van der Waals surface area contributed by atoms with Gasteiger partial charge in [0.25, 0.3) is 0 Å². The number of amides is 1. The predicted octanol–water partition coefficient (Wildman–Crippen LogP) is 16.2. The summed E-state index contributed by atoms with van der Waals surface area (Å²) in [6.07, 6.45) is 73.8. The number of carbonyl (C=O) groups excluding carboxylic acids is 2. The molecule has 6 heteroatoms. The number of rotatable bonds is 45. The van der Waals surface area contributed by atoms with Crippen LogP contribution in [0.1, 0.15) is 207 Å². The van der Waals surface area contributed by atoms with Crippen molar-refractivity contribution in [2.45, 2.75) is 225 Å². The van der Waals surface area contributed by atoms with Crippen molar-refractivity contribution in [1.82, 2.24) is 5.32 Å². The van der Waals surface area contributed by atoms with E-state index in [4.69, 9.17) is 4.74 Å². The molecule has 0 bridgehead atoms. The molecule has 0 aliphatic carbocycles. The molecule has 0 heterocycles. The molecule has 6 nitrogen and oxygen atoms in total. The lowest BCUT2D eigenvalue weighted by Crippen LogP contribution is -2.46. The highest BCUT2D eigenvalue weighted by atomic mass is 16.5. The van der Waals surface area contributed by atoms with Crippen LogP contribution in [0.4, 0.5) is 0 Å². The Morgan fingerprint density at radius 1 is 0.470 bits per heavy atom. The van der Waals surface area contributed by atoms with Crippen molar-refractivity contribution in [3.8, 4) is 0 Å². The molecule has 0 radical (unpaired) electrons. The van der Waals surface area contributed by atoms with Gasteiger partial charge >= 0.3 is 5.97 Å². The van der Waals surface area contributed by atoms with Crippen molar-refractivity contribution < 1.29 is 24.5 Å². The second-order valence-electron chi connectivity index (χ2n) is 17.3. The Bertz CT molecular complexity index is 1440. The van der Waals surface area contributed by atoms with E-state index in [1.54, 1.807) is 0 Å². The Labute approximate surface area is 405 Å². The van der Waals surface area contributed by atoms with E-state index in [0.717, 1.165) is 70.6 Å². The van der Waals surface area contributed by atoms with Crippen LogP contribution < -0.4 is 5.32 Å². The van der Waals surface area contributed by atoms with Crippen LogP contribution in [0.3, 0.4) is 0 Å². The zero-order valence-electron chi connectivity index (χ0n) is 42.3. The standard InChI is InChI=1S/C60H97NO5/c1-4-7-10-13-16-19-22-25-28-31-34-37-40-43-46-49-52-58(63)57(55-62)61-59(64)54-56(51-48-45-42-39-36-33-30-27-24-21-18-15-12-9-6-3)66-60(65)53-50-47-44-41-38-35-32-29-26-23-20-17-14-11-8-5-2/h8-9,11-12,15,17-18,20-21,24,26-27,29-30,33,35-36,38-39,42,44,47,56-58,62-63H,4-7,10,13-14,16,19,22-23,25,28,31-32,34,37,40-41,43,45-46,48-55H2,1-3H3,(H,61,64)/b11-8+,12-9-,18-15+,20-17+,24-21+,29-26+,30-27-,36-33+,38-35+,42-39+,47-44+. The average molecular weight is 912 g/mol. The maximum absolute atomic E-state index is 13.2. The molecule has 0 fully saturated rings. The molecule has 0 rings (SSSR count). The number of allylic oxidation sites excluding steroid dienone is 22. The van der Waals surface area contributed by atoms with E-state index < -0.39 is 18.2 Å². The smallest absolute Gasteiger partial charge is 0.306 e. The van der Waals surface area contributed by atoms with E-state index in [9.17, 15) is 19.8 Å². The van der Waals surface area contributed by atoms with Gasteiger partial charge < -0.3 is 20.3 Å². The zero-order valence-corrected chi connectivity index (χ0v) is 42.3. The number of unbranched alkanes of at least 4 members (excludes halogenated alkanes) is 16. The second-order valence-corrected chi connectivity index (χ2v) is 17.3. The first-order valence-electron chi connectivity index (χ1n) is 26.5. The van der Waals surface area contributed by atoms with Crippen LogP contribution in [0.15, 0.2) is 134 Å². The molecule has 0 spiro atoms. The zero-order chi connectivity index (χ0) is 48.1. The van der Waals surface area contributed by atoms with Crippen molar-refractivity contribution in [2.24, 2.45) is 0 Å². The van der Waals surface area contributed by atoms with Gasteiger partial charge in [-0.2, -0.15) is 0 Å². The van der Waals surface area contributed by atoms with E-state index in [2.05, 4.69) is 92.9 Å². The molecule has 0 aromatic carbocycles. The molecule has 3 unspecified atom stereocenters. The maximum Gasteiger partial charge on any atom is 0.306 e. The summed E-state index contributed by atoms with van der Waals surface area (Å²) in [6.45, 7) is 6.18. The first kappa shape index (κ1) is 62.0. The summed E-state index contributed by atoms with van der Waals surface area (Å²) in [5.74, 6) is -0.661. The number of nitrogens with one attached hydrogen (secondary N) is 1. The van der Waals surface area contributed by atoms with Crippen LogP contribution in [-0.2, 0) is 14.3 Å². The minimum absolute atomic E-state index is 0.0122. The summed E-state index contributed by atoms with van der Waals surface area (Å²) in [5, 5.41) is 23.8. The fourth-order valence-corrected chi connectivity index (χ4v) is 7.22. The number of carbonyl (C=O) groups is 2. The fraction of sp³-hybridized carbons (Fsp3) is 0.600. The normalized spacial score (nSPS) is 14.3. The Balaban J connectivity index is 4.82. The van der Waals surface area contributed by atoms with Crippen molar-refractivity contribution in [1.29, 1.82) is 0 Å². The van der Waals surface area contributed by atoms with Gasteiger partial charge in [0.15, 0.2) is 0 Å². The third-order valence-corrected chi connectivity index (χ3v) is 11.1. The van der Waals surface area contributed by atoms with Crippen LogP contribution in [-0.4, -0.2) is 46.9 Å². The van der Waals surface area contributed by atoms with Crippen LogP contribution in [0, 0.1) is 0 Å². The summed E-state index contributed by atoms with van der Waals surface area (Å²) in [7, 11) is 0. The largest absolute Gasteiger partial charge is 0.462 e. The number of hydrogen-bond donors (Lipinski definition) is 3. The molecule has 0 aliphatic rings. The van der Waals surface area contributed by atoms with Gasteiger partial charge in [0.2, 0.25) is 5.91 Å². The number of aliphatic hydroxyl groups excluding tert-OH is 2. The Morgan fingerprint density at radius 2 is 0.894 bits per heavy atom. The van der Waals surface area contributed by atoms with Gasteiger partial charge in [-0.3, -0.25) is 9.59 Å². The van der Waals surface area contributed by atoms with Gasteiger partial charge in [0, 0.05) is 6.42 Å². The molecule has 0 aliphatic heterocycles. The number of aliphatic hydroxyl groups is 2. The molecular formula is C60H97NO5. The van der Waals surface area contributed by atoms with Crippen LogP contribution in [0.5, 0.6) is 0 Å². The van der Waals surface area contributed by atoms with Crippen molar-refractivity contribution in [3.63, 3.8) is 0 Å². The fourth-order valence-electron chi connectivity index (χ4n) is 7.22. The van der Waals surface area contributed by atoms with Gasteiger partial charge in [-0.25, -0.2) is 0 Å². The molecule has 0 saturated heterocycles. The lowest BCUT2D eigenvalue weighted by Gasteiger charge is -2.24. The summed E-state index contributed by atoms with van der Waals surface area (Å²) in [4.78, 5) is 26.1. The second kappa shape index (κ2) is 52.0. The minimum Gasteiger partial charge on any atom is -0.462 e. The Hall–Kier alpha value is -4.00. The van der Waals surface area contributed by atoms with Crippen LogP contribution in [0.2, 0.25) is 0 Å². The van der Waals surface area contributed by atoms with Crippen LogP contribution in [0.25, 0.3) is 0 Å². The third kappa shape index (κ3) is 46.5. The lowest BCUT2D eigenvalue weighted by molar-refractivity contribution is -0.150. The number of ether oxygens (including phenoxy) is 1. The molecule has 3 N–H and O–H groups in total. The monoisotopic (exact) mass is 912 g/mol. The highest BCUT2D eigenvalue weighted by Crippen LogP contribution is 2.16. The van der Waals surface area contributed by atoms with Crippen molar-refractivity contribution >= 4 is 11.9 Å². The SMILES string of the molecule is CC\C=C/C=C/C=C/C=C\C=C\C=C\CCCC(CC(=O)NC(CO)C(O)CCCCCCCCCCCCCCCCCC)OC(=O)CC/C=C/C/C=C/C/C=C/C/C=C/C/C=C/CC. The maximum atomic E-state index is 13.2. The molecule has 0 aromatic heterocycles. The van der Waals surface area contributed by atoms with Gasteiger partial charge in [-0.1, -0.05) is 257 Å². The van der Waals surface area contributed by atoms with Gasteiger partial charge in [-0.15, -0.1) is 0 Å². The van der Waals surface area contributed by atoms with E-state index in [-0.39, 0.29) is 31.3 Å². The first-order chi connectivity index (χ1) is 32.5. The van der Waals surface area contributed by atoms with Gasteiger partial charge in [-0.05, 0) is 70.6 Å². The third-order valence-electron chi connectivity index (χ3n) is 11.1.